The average molecular weight is 264 g/mol. The molecule has 0 aliphatic rings. The molecule has 3 nitrogen and oxygen atoms in total. The van der Waals surface area contributed by atoms with Crippen molar-refractivity contribution in [2.45, 2.75) is 0 Å². The van der Waals surface area contributed by atoms with Crippen LogP contribution in [0.5, 0.6) is 0 Å². The Morgan fingerprint density at radius 1 is 1.13 bits per heavy atom. The van der Waals surface area contributed by atoms with Crippen LogP contribution in [-0.4, -0.2) is 4.98 Å². The van der Waals surface area contributed by atoms with Gasteiger partial charge < -0.3 is 11.1 Å². The summed E-state index contributed by atoms with van der Waals surface area (Å²) in [7, 11) is 0. The molecular weight excluding hydrogens is 254 g/mol. The van der Waals surface area contributed by atoms with Crippen molar-refractivity contribution < 1.29 is 0 Å². The minimum atomic E-state index is 0.710. The number of halogens is 1. The van der Waals surface area contributed by atoms with Crippen LogP contribution in [0.3, 0.4) is 0 Å². The molecule has 0 radical (unpaired) electrons. The van der Waals surface area contributed by atoms with Crippen LogP contribution in [0.15, 0.2) is 47.1 Å². The van der Waals surface area contributed by atoms with Gasteiger partial charge >= 0.3 is 0 Å². The monoisotopic (exact) mass is 263 g/mol. The predicted molar refractivity (Wildman–Crippen MR) is 66.1 cm³/mol. The van der Waals surface area contributed by atoms with Gasteiger partial charge in [0.2, 0.25) is 0 Å². The highest BCUT2D eigenvalue weighted by atomic mass is 79.9. The molecule has 1 aromatic carbocycles. The van der Waals surface area contributed by atoms with E-state index in [2.05, 4.69) is 26.2 Å². The molecule has 0 spiro atoms. The number of aromatic nitrogens is 1. The number of nitrogens with one attached hydrogen (secondary N) is 1. The summed E-state index contributed by atoms with van der Waals surface area (Å²) in [5.41, 5.74) is 7.38. The second-order valence-corrected chi connectivity index (χ2v) is 3.99. The molecule has 4 heteroatoms. The van der Waals surface area contributed by atoms with Gasteiger partial charge in [-0.2, -0.15) is 0 Å². The summed E-state index contributed by atoms with van der Waals surface area (Å²) in [6.45, 7) is 0. The molecule has 1 heterocycles. The zero-order valence-corrected chi connectivity index (χ0v) is 9.53. The lowest BCUT2D eigenvalue weighted by Gasteiger charge is -2.07. The van der Waals surface area contributed by atoms with Gasteiger partial charge in [-0.3, -0.25) is 0 Å². The summed E-state index contributed by atoms with van der Waals surface area (Å²) >= 11 is 3.33. The maximum atomic E-state index is 5.80. The smallest absolute Gasteiger partial charge is 0.130 e. The lowest BCUT2D eigenvalue weighted by Crippen LogP contribution is -1.97. The van der Waals surface area contributed by atoms with Crippen molar-refractivity contribution in [3.05, 3.63) is 47.1 Å². The Hall–Kier alpha value is -1.55. The van der Waals surface area contributed by atoms with E-state index in [4.69, 9.17) is 5.73 Å². The zero-order valence-electron chi connectivity index (χ0n) is 7.94. The second-order valence-electron chi connectivity index (χ2n) is 3.07. The van der Waals surface area contributed by atoms with Crippen LogP contribution in [0, 0.1) is 0 Å². The first kappa shape index (κ1) is 9.98. The van der Waals surface area contributed by atoms with Gasteiger partial charge in [0.1, 0.15) is 5.82 Å². The number of hydrogen-bond donors (Lipinski definition) is 2. The van der Waals surface area contributed by atoms with E-state index in [1.54, 1.807) is 6.20 Å². The molecule has 0 bridgehead atoms. The first-order valence-electron chi connectivity index (χ1n) is 4.49. The number of benzene rings is 1. The summed E-state index contributed by atoms with van der Waals surface area (Å²) in [4.78, 5) is 4.20. The van der Waals surface area contributed by atoms with Gasteiger partial charge in [-0.1, -0.05) is 12.1 Å². The van der Waals surface area contributed by atoms with Crippen LogP contribution in [0.4, 0.5) is 17.2 Å². The Labute approximate surface area is 96.5 Å². The Morgan fingerprint density at radius 3 is 2.60 bits per heavy atom. The maximum Gasteiger partial charge on any atom is 0.130 e. The van der Waals surface area contributed by atoms with Crippen molar-refractivity contribution in [1.82, 2.24) is 4.98 Å². The van der Waals surface area contributed by atoms with Crippen LogP contribution in [0.25, 0.3) is 0 Å². The first-order valence-corrected chi connectivity index (χ1v) is 5.28. The molecule has 3 N–H and O–H groups in total. The van der Waals surface area contributed by atoms with Crippen LogP contribution in [0.1, 0.15) is 0 Å². The van der Waals surface area contributed by atoms with Gasteiger partial charge in [0.25, 0.3) is 0 Å². The third kappa shape index (κ3) is 2.47. The fourth-order valence-electron chi connectivity index (χ4n) is 1.20. The van der Waals surface area contributed by atoms with Crippen molar-refractivity contribution in [3.8, 4) is 0 Å². The predicted octanol–water partition coefficient (Wildman–Crippen LogP) is 3.17. The van der Waals surface area contributed by atoms with Crippen molar-refractivity contribution >= 4 is 33.1 Å². The number of nitrogens with zero attached hydrogens (tertiary/aromatic N) is 1. The minimum absolute atomic E-state index is 0.710. The summed E-state index contributed by atoms with van der Waals surface area (Å²) in [6.07, 6.45) is 1.74. The highest BCUT2D eigenvalue weighted by molar-refractivity contribution is 9.10. The number of pyridine rings is 1. The molecule has 0 aliphatic carbocycles. The molecule has 0 unspecified atom stereocenters. The first-order chi connectivity index (χ1) is 7.25. The molecule has 1 aromatic heterocycles. The average Bonchev–Trinajstić information content (AvgIpc) is 2.25. The van der Waals surface area contributed by atoms with Gasteiger partial charge in [0.05, 0.1) is 11.4 Å². The van der Waals surface area contributed by atoms with Gasteiger partial charge in [0, 0.05) is 10.7 Å². The van der Waals surface area contributed by atoms with E-state index in [1.165, 1.54) is 0 Å². The lowest BCUT2D eigenvalue weighted by atomic mass is 10.2. The largest absolute Gasteiger partial charge is 0.397 e. The lowest BCUT2D eigenvalue weighted by molar-refractivity contribution is 1.29. The SMILES string of the molecule is Nc1ccccc1Nc1ccc(Br)cn1. The Kier molecular flexibility index (Phi) is 2.87. The fourth-order valence-corrected chi connectivity index (χ4v) is 1.43. The molecule has 0 amide bonds. The Morgan fingerprint density at radius 2 is 1.93 bits per heavy atom. The normalized spacial score (nSPS) is 9.93. The van der Waals surface area contributed by atoms with Crippen molar-refractivity contribution in [3.63, 3.8) is 0 Å². The van der Waals surface area contributed by atoms with E-state index in [9.17, 15) is 0 Å². The standard InChI is InChI=1S/C11H10BrN3/c12-8-5-6-11(14-7-8)15-10-4-2-1-3-9(10)13/h1-7H,13H2,(H,14,15). The topological polar surface area (TPSA) is 50.9 Å². The maximum absolute atomic E-state index is 5.80. The van der Waals surface area contributed by atoms with E-state index in [0.29, 0.717) is 5.69 Å². The molecule has 0 saturated heterocycles. The van der Waals surface area contributed by atoms with Gasteiger partial charge in [-0.05, 0) is 40.2 Å². The van der Waals surface area contributed by atoms with E-state index in [1.807, 2.05) is 36.4 Å². The zero-order chi connectivity index (χ0) is 10.7. The molecule has 76 valence electrons. The highest BCUT2D eigenvalue weighted by Gasteiger charge is 1.98. The third-order valence-electron chi connectivity index (χ3n) is 1.95. The number of hydrogen-bond acceptors (Lipinski definition) is 3. The van der Waals surface area contributed by atoms with E-state index >= 15 is 0 Å². The molecule has 0 atom stereocenters. The minimum Gasteiger partial charge on any atom is -0.397 e. The van der Waals surface area contributed by atoms with Crippen LogP contribution >= 0.6 is 15.9 Å². The molecular formula is C11H10BrN3. The van der Waals surface area contributed by atoms with Crippen LogP contribution in [-0.2, 0) is 0 Å². The van der Waals surface area contributed by atoms with Crippen LogP contribution in [0.2, 0.25) is 0 Å². The van der Waals surface area contributed by atoms with E-state index < -0.39 is 0 Å². The Balaban J connectivity index is 2.22. The summed E-state index contributed by atoms with van der Waals surface area (Å²) < 4.78 is 0.953. The van der Waals surface area contributed by atoms with E-state index in [-0.39, 0.29) is 0 Å². The van der Waals surface area contributed by atoms with Crippen molar-refractivity contribution in [2.75, 3.05) is 11.1 Å². The highest BCUT2D eigenvalue weighted by Crippen LogP contribution is 2.21. The van der Waals surface area contributed by atoms with E-state index in [0.717, 1.165) is 16.0 Å². The van der Waals surface area contributed by atoms with Crippen molar-refractivity contribution in [1.29, 1.82) is 0 Å². The Bertz CT molecular complexity index is 454. The number of anilines is 3. The summed E-state index contributed by atoms with van der Waals surface area (Å²) in [5, 5.41) is 3.14. The molecule has 0 fully saturated rings. The summed E-state index contributed by atoms with van der Waals surface area (Å²) in [5.74, 6) is 0.774. The molecule has 0 aliphatic heterocycles. The van der Waals surface area contributed by atoms with Gasteiger partial charge in [-0.25, -0.2) is 4.98 Å². The number of rotatable bonds is 2. The number of nitrogens with two attached hydrogens (primary N) is 1. The van der Waals surface area contributed by atoms with Crippen molar-refractivity contribution in [2.24, 2.45) is 0 Å². The molecule has 2 rings (SSSR count). The molecule has 2 aromatic rings. The fraction of sp³-hybridized carbons (Fsp3) is 0. The van der Waals surface area contributed by atoms with Crippen LogP contribution < -0.4 is 11.1 Å². The molecule has 0 saturated carbocycles. The van der Waals surface area contributed by atoms with Gasteiger partial charge in [-0.15, -0.1) is 0 Å². The second kappa shape index (κ2) is 4.31. The quantitative estimate of drug-likeness (QED) is 0.819. The van der Waals surface area contributed by atoms with Gasteiger partial charge in [0.15, 0.2) is 0 Å². The number of para-hydroxylation sites is 2. The number of nitrogen functional groups attached to an aromatic ring is 1. The third-order valence-corrected chi connectivity index (χ3v) is 2.42. The molecule has 15 heavy (non-hydrogen) atoms. The summed E-state index contributed by atoms with van der Waals surface area (Å²) in [6, 6.07) is 11.4.